The lowest BCUT2D eigenvalue weighted by molar-refractivity contribution is -0.140. The van der Waals surface area contributed by atoms with Crippen LogP contribution in [0.3, 0.4) is 0 Å². The lowest BCUT2D eigenvalue weighted by atomic mass is 9.86. The van der Waals surface area contributed by atoms with Gasteiger partial charge in [0.1, 0.15) is 30.0 Å². The highest BCUT2D eigenvalue weighted by atomic mass is 19.1. The molecular formula is C30H34F3N3O2. The molecule has 1 saturated heterocycles. The summed E-state index contributed by atoms with van der Waals surface area (Å²) in [6.45, 7) is 3.84. The molecule has 2 atom stereocenters. The van der Waals surface area contributed by atoms with E-state index in [1.54, 1.807) is 4.90 Å². The number of benzene rings is 2. The van der Waals surface area contributed by atoms with Crippen molar-refractivity contribution < 1.29 is 22.7 Å². The van der Waals surface area contributed by atoms with Gasteiger partial charge >= 0.3 is 0 Å². The average Bonchev–Trinajstić information content (AvgIpc) is 3.53. The van der Waals surface area contributed by atoms with Crippen molar-refractivity contribution in [2.45, 2.75) is 51.1 Å². The van der Waals surface area contributed by atoms with Crippen LogP contribution in [0.4, 0.5) is 13.2 Å². The molecule has 202 valence electrons. The maximum atomic E-state index is 15.8. The van der Waals surface area contributed by atoms with Crippen LogP contribution in [-0.2, 0) is 11.2 Å². The maximum absolute atomic E-state index is 15.8. The van der Waals surface area contributed by atoms with Crippen molar-refractivity contribution in [1.82, 2.24) is 14.8 Å². The van der Waals surface area contributed by atoms with Crippen molar-refractivity contribution in [2.75, 3.05) is 32.9 Å². The number of alkyl halides is 1. The van der Waals surface area contributed by atoms with Gasteiger partial charge in [0.25, 0.3) is 0 Å². The summed E-state index contributed by atoms with van der Waals surface area (Å²) in [6.07, 6.45) is 4.26. The second-order valence-corrected chi connectivity index (χ2v) is 11.2. The number of ether oxygens (including phenoxy) is 1. The summed E-state index contributed by atoms with van der Waals surface area (Å²) in [5, 5.41) is 1.02. The third kappa shape index (κ3) is 4.46. The quantitative estimate of drug-likeness (QED) is 0.426. The number of amides is 1. The fourth-order valence-electron chi connectivity index (χ4n) is 6.63. The maximum Gasteiger partial charge on any atom is 0.226 e. The summed E-state index contributed by atoms with van der Waals surface area (Å²) in [4.78, 5) is 21.0. The zero-order chi connectivity index (χ0) is 26.4. The van der Waals surface area contributed by atoms with Crippen molar-refractivity contribution in [1.29, 1.82) is 0 Å². The molecule has 3 aromatic rings. The molecule has 2 aromatic carbocycles. The first-order valence-electron chi connectivity index (χ1n) is 13.8. The Morgan fingerprint density at radius 1 is 1.11 bits per heavy atom. The molecule has 0 spiro atoms. The summed E-state index contributed by atoms with van der Waals surface area (Å²) in [7, 11) is 0. The summed E-state index contributed by atoms with van der Waals surface area (Å²) >= 11 is 0. The number of para-hydroxylation sites is 1. The van der Waals surface area contributed by atoms with Crippen molar-refractivity contribution in [3.63, 3.8) is 0 Å². The highest BCUT2D eigenvalue weighted by Crippen LogP contribution is 2.44. The SMILES string of the molecule is C[C@@H]1Cc2c([nH]c3ccccc23)[C@@H](c2c(F)cc(OCCN3CC(CF)C3)cc2F)N1C(=O)C1CCCC1. The van der Waals surface area contributed by atoms with Crippen LogP contribution in [0.25, 0.3) is 10.9 Å². The van der Waals surface area contributed by atoms with Crippen LogP contribution >= 0.6 is 0 Å². The molecule has 0 unspecified atom stereocenters. The highest BCUT2D eigenvalue weighted by molar-refractivity contribution is 5.87. The van der Waals surface area contributed by atoms with Crippen molar-refractivity contribution >= 4 is 16.8 Å². The van der Waals surface area contributed by atoms with Gasteiger partial charge in [-0.05, 0) is 37.8 Å². The van der Waals surface area contributed by atoms with Gasteiger partial charge in [-0.15, -0.1) is 0 Å². The first kappa shape index (κ1) is 25.3. The van der Waals surface area contributed by atoms with Crippen molar-refractivity contribution in [2.24, 2.45) is 11.8 Å². The largest absolute Gasteiger partial charge is 0.492 e. The normalized spacial score (nSPS) is 22.6. The molecule has 1 aliphatic carbocycles. The van der Waals surface area contributed by atoms with Crippen LogP contribution in [-0.4, -0.2) is 59.6 Å². The molecule has 38 heavy (non-hydrogen) atoms. The smallest absolute Gasteiger partial charge is 0.226 e. The second-order valence-electron chi connectivity index (χ2n) is 11.2. The molecule has 2 aliphatic heterocycles. The van der Waals surface area contributed by atoms with Crippen LogP contribution in [0, 0.1) is 23.5 Å². The Kier molecular flexibility index (Phi) is 6.84. The van der Waals surface area contributed by atoms with E-state index in [4.69, 9.17) is 4.74 Å². The van der Waals surface area contributed by atoms with Gasteiger partial charge in [-0.25, -0.2) is 8.78 Å². The van der Waals surface area contributed by atoms with Gasteiger partial charge in [0.2, 0.25) is 5.91 Å². The van der Waals surface area contributed by atoms with E-state index in [-0.39, 0.29) is 48.4 Å². The van der Waals surface area contributed by atoms with E-state index in [1.807, 2.05) is 31.2 Å². The number of halogens is 3. The zero-order valence-electron chi connectivity index (χ0n) is 21.7. The number of nitrogens with one attached hydrogen (secondary N) is 1. The fraction of sp³-hybridized carbons (Fsp3) is 0.500. The molecule has 8 heteroatoms. The van der Waals surface area contributed by atoms with E-state index in [0.29, 0.717) is 31.7 Å². The van der Waals surface area contributed by atoms with Crippen LogP contribution in [0.5, 0.6) is 5.75 Å². The minimum atomic E-state index is -0.887. The molecule has 6 rings (SSSR count). The summed E-state index contributed by atoms with van der Waals surface area (Å²) in [6, 6.07) is 9.20. The minimum Gasteiger partial charge on any atom is -0.492 e. The van der Waals surface area contributed by atoms with Gasteiger partial charge in [0, 0.05) is 66.2 Å². The predicted molar refractivity (Wildman–Crippen MR) is 140 cm³/mol. The van der Waals surface area contributed by atoms with Crippen molar-refractivity contribution in [3.05, 3.63) is 64.9 Å². The number of fused-ring (bicyclic) bond motifs is 3. The van der Waals surface area contributed by atoms with Gasteiger partial charge in [0.15, 0.2) is 0 Å². The number of hydrogen-bond donors (Lipinski definition) is 1. The van der Waals surface area contributed by atoms with Crippen LogP contribution in [0.15, 0.2) is 36.4 Å². The Balaban J connectivity index is 1.34. The Hall–Kier alpha value is -3.00. The number of carbonyl (C=O) groups excluding carboxylic acids is 1. The second kappa shape index (κ2) is 10.3. The lowest BCUT2D eigenvalue weighted by Crippen LogP contribution is -2.49. The monoisotopic (exact) mass is 525 g/mol. The molecule has 0 radical (unpaired) electrons. The summed E-state index contributed by atoms with van der Waals surface area (Å²) in [5.74, 6) is -1.40. The van der Waals surface area contributed by atoms with E-state index in [0.717, 1.165) is 42.1 Å². The van der Waals surface area contributed by atoms with E-state index < -0.39 is 17.7 Å². The number of hydrogen-bond acceptors (Lipinski definition) is 3. The molecule has 1 aromatic heterocycles. The molecule has 1 amide bonds. The molecule has 1 saturated carbocycles. The lowest BCUT2D eigenvalue weighted by Gasteiger charge is -2.42. The number of carbonyl (C=O) groups is 1. The number of rotatable bonds is 7. The Bertz CT molecular complexity index is 1310. The molecule has 2 fully saturated rings. The first-order chi connectivity index (χ1) is 18.4. The minimum absolute atomic E-state index is 0.0236. The van der Waals surface area contributed by atoms with E-state index in [1.165, 1.54) is 12.1 Å². The molecular weight excluding hydrogens is 491 g/mol. The van der Waals surface area contributed by atoms with E-state index >= 15 is 8.78 Å². The number of aromatic amines is 1. The van der Waals surface area contributed by atoms with Gasteiger partial charge in [0.05, 0.1) is 12.2 Å². The Morgan fingerprint density at radius 2 is 1.82 bits per heavy atom. The Labute approximate surface area is 220 Å². The van der Waals surface area contributed by atoms with Gasteiger partial charge in [-0.1, -0.05) is 31.0 Å². The molecule has 0 bridgehead atoms. The van der Waals surface area contributed by atoms with Gasteiger partial charge in [-0.3, -0.25) is 14.1 Å². The van der Waals surface area contributed by atoms with Crippen LogP contribution in [0.2, 0.25) is 0 Å². The van der Waals surface area contributed by atoms with Crippen molar-refractivity contribution in [3.8, 4) is 5.75 Å². The molecule has 3 heterocycles. The third-order valence-corrected chi connectivity index (χ3v) is 8.58. The molecule has 3 aliphatic rings. The summed E-state index contributed by atoms with van der Waals surface area (Å²) < 4.78 is 50.0. The zero-order valence-corrected chi connectivity index (χ0v) is 21.7. The topological polar surface area (TPSA) is 48.6 Å². The molecule has 1 N–H and O–H groups in total. The van der Waals surface area contributed by atoms with Gasteiger partial charge < -0.3 is 14.6 Å². The highest BCUT2D eigenvalue weighted by Gasteiger charge is 2.43. The number of likely N-dealkylation sites (tertiary alicyclic amines) is 1. The first-order valence-corrected chi connectivity index (χ1v) is 13.8. The molecule has 5 nitrogen and oxygen atoms in total. The van der Waals surface area contributed by atoms with Crippen LogP contribution < -0.4 is 4.74 Å². The number of aromatic nitrogens is 1. The average molecular weight is 526 g/mol. The summed E-state index contributed by atoms with van der Waals surface area (Å²) in [5.41, 5.74) is 2.46. The third-order valence-electron chi connectivity index (χ3n) is 8.58. The number of H-pyrrole nitrogens is 1. The Morgan fingerprint density at radius 3 is 2.53 bits per heavy atom. The van der Waals surface area contributed by atoms with Crippen LogP contribution in [0.1, 0.15) is 55.5 Å². The van der Waals surface area contributed by atoms with E-state index in [9.17, 15) is 9.18 Å². The number of nitrogens with zero attached hydrogens (tertiary/aromatic N) is 2. The standard InChI is InChI=1S/C30H34F3N3O2/c1-18-12-23-22-8-4-5-9-26(22)34-28(23)29(36(18)30(37)20-6-2-3-7-20)27-24(32)13-21(14-25(27)33)38-11-10-35-16-19(15-31)17-35/h4-5,8-9,13-14,18-20,29,34H,2-3,6-7,10-12,15-17H2,1H3/t18-,29-/m1/s1. The van der Waals surface area contributed by atoms with E-state index in [2.05, 4.69) is 9.88 Å². The van der Waals surface area contributed by atoms with Gasteiger partial charge in [-0.2, -0.15) is 0 Å². The fourth-order valence-corrected chi connectivity index (χ4v) is 6.63. The predicted octanol–water partition coefficient (Wildman–Crippen LogP) is 5.78.